The van der Waals surface area contributed by atoms with Crippen molar-refractivity contribution in [1.29, 1.82) is 0 Å². The van der Waals surface area contributed by atoms with Crippen LogP contribution < -0.4 is 4.74 Å². The van der Waals surface area contributed by atoms with E-state index in [0.717, 1.165) is 12.1 Å². The van der Waals surface area contributed by atoms with Gasteiger partial charge < -0.3 is 4.74 Å². The lowest BCUT2D eigenvalue weighted by atomic mass is 9.84. The number of alkyl halides is 7. The van der Waals surface area contributed by atoms with Crippen LogP contribution in [0.3, 0.4) is 0 Å². The van der Waals surface area contributed by atoms with Crippen molar-refractivity contribution in [3.05, 3.63) is 65.7 Å². The summed E-state index contributed by atoms with van der Waals surface area (Å²) >= 11 is 0. The van der Waals surface area contributed by atoms with E-state index in [9.17, 15) is 30.7 Å². The number of aryl methyl sites for hydroxylation is 1. The Morgan fingerprint density at radius 3 is 2.04 bits per heavy atom. The van der Waals surface area contributed by atoms with Crippen molar-refractivity contribution in [1.82, 2.24) is 0 Å². The first kappa shape index (κ1) is 21.1. The Hall–Kier alpha value is -2.25. The van der Waals surface area contributed by atoms with Crippen LogP contribution in [-0.4, -0.2) is 25.1 Å². The number of benzene rings is 2. The molecule has 2 aromatic rings. The van der Waals surface area contributed by atoms with Gasteiger partial charge in [0.25, 0.3) is 0 Å². The third kappa shape index (κ3) is 4.36. The maximum Gasteiger partial charge on any atom is 0.459 e. The van der Waals surface area contributed by atoms with E-state index in [-0.39, 0.29) is 17.7 Å². The van der Waals surface area contributed by atoms with E-state index in [0.29, 0.717) is 5.56 Å². The quantitative estimate of drug-likeness (QED) is 0.505. The Balaban J connectivity index is 2.44. The summed E-state index contributed by atoms with van der Waals surface area (Å²) in [6, 6.07) is 12.9. The van der Waals surface area contributed by atoms with E-state index in [1.54, 1.807) is 30.3 Å². The van der Waals surface area contributed by atoms with Crippen molar-refractivity contribution in [3.63, 3.8) is 0 Å². The second-order valence-electron chi connectivity index (χ2n) is 6.05. The van der Waals surface area contributed by atoms with Gasteiger partial charge in [-0.3, -0.25) is 0 Å². The maximum atomic E-state index is 14.5. The monoisotopic (exact) mass is 394 g/mol. The largest absolute Gasteiger partial charge is 0.497 e. The van der Waals surface area contributed by atoms with Crippen LogP contribution in [0, 0.1) is 0 Å². The van der Waals surface area contributed by atoms with Crippen LogP contribution in [0.2, 0.25) is 0 Å². The molecule has 0 heterocycles. The third-order valence-electron chi connectivity index (χ3n) is 4.27. The summed E-state index contributed by atoms with van der Waals surface area (Å²) in [4.78, 5) is 0. The van der Waals surface area contributed by atoms with E-state index >= 15 is 0 Å². The minimum absolute atomic E-state index is 0.0864. The number of rotatable bonds is 7. The topological polar surface area (TPSA) is 9.23 Å². The van der Waals surface area contributed by atoms with Gasteiger partial charge in [0.05, 0.1) is 13.0 Å². The lowest BCUT2D eigenvalue weighted by Crippen LogP contribution is -2.54. The van der Waals surface area contributed by atoms with Gasteiger partial charge in [-0.2, -0.15) is 30.7 Å². The van der Waals surface area contributed by atoms with Gasteiger partial charge >= 0.3 is 18.0 Å². The van der Waals surface area contributed by atoms with E-state index < -0.39 is 30.4 Å². The van der Waals surface area contributed by atoms with Gasteiger partial charge in [0.1, 0.15) is 5.75 Å². The standard InChI is InChI=1S/C19H17F7O/c1-27-15-9-5-8-14(12-15)16(11-10-13-6-3-2-4-7-13)17(20,21)18(22,23)19(24,25)26/h2-9,12,16H,10-11H2,1H3/t16-/m1/s1. The highest BCUT2D eigenvalue weighted by Gasteiger charge is 2.75. The van der Waals surface area contributed by atoms with E-state index in [4.69, 9.17) is 4.74 Å². The molecule has 0 radical (unpaired) electrons. The van der Waals surface area contributed by atoms with Gasteiger partial charge in [-0.1, -0.05) is 42.5 Å². The van der Waals surface area contributed by atoms with Gasteiger partial charge in [-0.15, -0.1) is 0 Å². The molecule has 1 atom stereocenters. The normalized spacial score (nSPS) is 14.1. The molecule has 0 spiro atoms. The molecule has 2 rings (SSSR count). The SMILES string of the molecule is COc1cccc([C@@H](CCc2ccccc2)C(F)(F)C(F)(F)C(F)(F)F)c1. The second-order valence-corrected chi connectivity index (χ2v) is 6.05. The zero-order valence-electron chi connectivity index (χ0n) is 14.2. The molecule has 0 fully saturated rings. The number of hydrogen-bond donors (Lipinski definition) is 0. The summed E-state index contributed by atoms with van der Waals surface area (Å²) in [5, 5.41) is 0. The van der Waals surface area contributed by atoms with Crippen LogP contribution in [0.5, 0.6) is 5.75 Å². The predicted octanol–water partition coefficient (Wildman–Crippen LogP) is 6.24. The number of halogens is 7. The summed E-state index contributed by atoms with van der Waals surface area (Å²) in [5.41, 5.74) is 0.204. The number of ether oxygens (including phenoxy) is 1. The Kier molecular flexibility index (Phi) is 6.07. The van der Waals surface area contributed by atoms with Gasteiger partial charge in [0, 0.05) is 0 Å². The molecule has 0 bridgehead atoms. The van der Waals surface area contributed by atoms with E-state index in [1.807, 2.05) is 0 Å². The van der Waals surface area contributed by atoms with Gasteiger partial charge in [0.2, 0.25) is 0 Å². The molecule has 2 aromatic carbocycles. The van der Waals surface area contributed by atoms with Gasteiger partial charge in [0.15, 0.2) is 0 Å². The molecule has 0 aromatic heterocycles. The van der Waals surface area contributed by atoms with Crippen molar-refractivity contribution in [2.45, 2.75) is 36.8 Å². The van der Waals surface area contributed by atoms with Crippen LogP contribution >= 0.6 is 0 Å². The first-order valence-corrected chi connectivity index (χ1v) is 8.01. The Labute approximate surface area is 151 Å². The molecule has 27 heavy (non-hydrogen) atoms. The molecule has 0 aliphatic carbocycles. The molecule has 148 valence electrons. The maximum absolute atomic E-state index is 14.5. The van der Waals surface area contributed by atoms with Crippen LogP contribution in [0.1, 0.15) is 23.5 Å². The third-order valence-corrected chi connectivity index (χ3v) is 4.27. The molecule has 0 saturated heterocycles. The fourth-order valence-electron chi connectivity index (χ4n) is 2.78. The molecule has 0 N–H and O–H groups in total. The fourth-order valence-corrected chi connectivity index (χ4v) is 2.78. The van der Waals surface area contributed by atoms with E-state index in [2.05, 4.69) is 0 Å². The lowest BCUT2D eigenvalue weighted by molar-refractivity contribution is -0.359. The van der Waals surface area contributed by atoms with E-state index in [1.165, 1.54) is 19.2 Å². The van der Waals surface area contributed by atoms with Crippen molar-refractivity contribution in [3.8, 4) is 5.75 Å². The molecule has 0 saturated carbocycles. The zero-order valence-corrected chi connectivity index (χ0v) is 14.2. The van der Waals surface area contributed by atoms with Crippen molar-refractivity contribution in [2.75, 3.05) is 7.11 Å². The summed E-state index contributed by atoms with van der Waals surface area (Å²) in [6.45, 7) is 0. The van der Waals surface area contributed by atoms with Crippen molar-refractivity contribution >= 4 is 0 Å². The Morgan fingerprint density at radius 2 is 1.48 bits per heavy atom. The van der Waals surface area contributed by atoms with Gasteiger partial charge in [-0.25, -0.2) is 0 Å². The summed E-state index contributed by atoms with van der Waals surface area (Å²) < 4.78 is 99.1. The number of methoxy groups -OCH3 is 1. The Morgan fingerprint density at radius 1 is 0.852 bits per heavy atom. The van der Waals surface area contributed by atoms with Crippen molar-refractivity contribution < 1.29 is 35.5 Å². The minimum atomic E-state index is -6.37. The lowest BCUT2D eigenvalue weighted by Gasteiger charge is -2.34. The number of hydrogen-bond acceptors (Lipinski definition) is 1. The molecule has 0 amide bonds. The minimum Gasteiger partial charge on any atom is -0.497 e. The molecule has 8 heteroatoms. The zero-order chi connectivity index (χ0) is 20.3. The predicted molar refractivity (Wildman–Crippen MR) is 86.4 cm³/mol. The first-order chi connectivity index (χ1) is 12.5. The Bertz CT molecular complexity index is 741. The molecule has 0 aliphatic heterocycles. The van der Waals surface area contributed by atoms with Gasteiger partial charge in [-0.05, 0) is 36.1 Å². The second kappa shape index (κ2) is 7.78. The highest BCUT2D eigenvalue weighted by molar-refractivity contribution is 5.33. The average molecular weight is 394 g/mol. The van der Waals surface area contributed by atoms with Crippen LogP contribution in [0.4, 0.5) is 30.7 Å². The highest BCUT2D eigenvalue weighted by Crippen LogP contribution is 2.53. The molecular weight excluding hydrogens is 377 g/mol. The summed E-state index contributed by atoms with van der Waals surface area (Å²) in [6.07, 6.45) is -7.07. The smallest absolute Gasteiger partial charge is 0.459 e. The van der Waals surface area contributed by atoms with Crippen LogP contribution in [0.15, 0.2) is 54.6 Å². The molecule has 0 unspecified atom stereocenters. The summed E-state index contributed by atoms with van der Waals surface area (Å²) in [5.74, 6) is -13.8. The average Bonchev–Trinajstić information content (AvgIpc) is 2.61. The summed E-state index contributed by atoms with van der Waals surface area (Å²) in [7, 11) is 1.24. The van der Waals surface area contributed by atoms with Crippen LogP contribution in [-0.2, 0) is 6.42 Å². The molecular formula is C19H17F7O. The van der Waals surface area contributed by atoms with Crippen molar-refractivity contribution in [2.24, 2.45) is 0 Å². The van der Waals surface area contributed by atoms with Crippen LogP contribution in [0.25, 0.3) is 0 Å². The molecule has 0 aliphatic rings. The molecule has 1 nitrogen and oxygen atoms in total. The highest BCUT2D eigenvalue weighted by atomic mass is 19.4. The fraction of sp³-hybridized carbons (Fsp3) is 0.368. The first-order valence-electron chi connectivity index (χ1n) is 8.01.